The molecule has 80 valence electrons. The number of aliphatic carboxylic acids is 1. The summed E-state index contributed by atoms with van der Waals surface area (Å²) in [7, 11) is 0. The predicted molar refractivity (Wildman–Crippen MR) is 49.7 cm³/mol. The number of rotatable bonds is 2. The van der Waals surface area contributed by atoms with E-state index < -0.39 is 17.4 Å². The van der Waals surface area contributed by atoms with Crippen LogP contribution in [0.1, 0.15) is 33.1 Å². The molecule has 0 saturated carbocycles. The summed E-state index contributed by atoms with van der Waals surface area (Å²) >= 11 is 0. The molecule has 0 aromatic rings. The molecular formula is C10H15FO3. The zero-order valence-electron chi connectivity index (χ0n) is 8.47. The van der Waals surface area contributed by atoms with Crippen LogP contribution >= 0.6 is 0 Å². The highest BCUT2D eigenvalue weighted by atomic mass is 19.1. The standard InChI is InChI=1S/C10H15FO3/c1-3-10(2)6-7(4-5-14-10)8(11)9(12)13/h3-6H2,1-2H3,(H,12,13). The van der Waals surface area contributed by atoms with Gasteiger partial charge in [0, 0.05) is 6.42 Å². The Morgan fingerprint density at radius 2 is 2.36 bits per heavy atom. The van der Waals surface area contributed by atoms with Gasteiger partial charge in [0.25, 0.3) is 0 Å². The third-order valence-corrected chi connectivity index (χ3v) is 2.69. The molecular weight excluding hydrogens is 187 g/mol. The molecule has 1 aliphatic heterocycles. The fraction of sp³-hybridized carbons (Fsp3) is 0.700. The molecule has 1 unspecified atom stereocenters. The van der Waals surface area contributed by atoms with Gasteiger partial charge in [-0.1, -0.05) is 6.92 Å². The highest BCUT2D eigenvalue weighted by Gasteiger charge is 2.31. The molecule has 3 nitrogen and oxygen atoms in total. The molecule has 4 heteroatoms. The summed E-state index contributed by atoms with van der Waals surface area (Å²) in [5.74, 6) is -2.48. The van der Waals surface area contributed by atoms with Crippen LogP contribution in [0.2, 0.25) is 0 Å². The van der Waals surface area contributed by atoms with Crippen molar-refractivity contribution >= 4 is 5.97 Å². The van der Waals surface area contributed by atoms with E-state index in [1.54, 1.807) is 0 Å². The Morgan fingerprint density at radius 3 is 2.86 bits per heavy atom. The average molecular weight is 202 g/mol. The molecule has 14 heavy (non-hydrogen) atoms. The quantitative estimate of drug-likeness (QED) is 0.699. The lowest BCUT2D eigenvalue weighted by atomic mass is 9.89. The van der Waals surface area contributed by atoms with Gasteiger partial charge in [0.15, 0.2) is 0 Å². The molecule has 0 spiro atoms. The Hall–Kier alpha value is -0.900. The van der Waals surface area contributed by atoms with E-state index in [1.165, 1.54) is 0 Å². The lowest BCUT2D eigenvalue weighted by Gasteiger charge is -2.34. The zero-order valence-corrected chi connectivity index (χ0v) is 8.47. The van der Waals surface area contributed by atoms with Crippen LogP contribution in [0.25, 0.3) is 0 Å². The van der Waals surface area contributed by atoms with Crippen molar-refractivity contribution < 1.29 is 19.0 Å². The van der Waals surface area contributed by atoms with Crippen molar-refractivity contribution in [2.45, 2.75) is 38.7 Å². The summed E-state index contributed by atoms with van der Waals surface area (Å²) in [6, 6.07) is 0. The van der Waals surface area contributed by atoms with Gasteiger partial charge in [-0.25, -0.2) is 4.79 Å². The molecule has 1 heterocycles. The Bertz CT molecular complexity index is 273. The minimum absolute atomic E-state index is 0.369. The highest BCUT2D eigenvalue weighted by molar-refractivity contribution is 5.84. The first-order valence-electron chi connectivity index (χ1n) is 4.73. The number of hydrogen-bond donors (Lipinski definition) is 1. The van der Waals surface area contributed by atoms with Crippen LogP contribution in [0, 0.1) is 0 Å². The first kappa shape index (κ1) is 11.2. The number of halogens is 1. The van der Waals surface area contributed by atoms with Gasteiger partial charge >= 0.3 is 5.97 Å². The summed E-state index contributed by atoms with van der Waals surface area (Å²) in [4.78, 5) is 10.4. The van der Waals surface area contributed by atoms with Gasteiger partial charge in [-0.05, 0) is 25.3 Å². The summed E-state index contributed by atoms with van der Waals surface area (Å²) in [5, 5.41) is 8.50. The first-order valence-corrected chi connectivity index (χ1v) is 4.73. The smallest absolute Gasteiger partial charge is 0.364 e. The van der Waals surface area contributed by atoms with E-state index in [0.717, 1.165) is 6.42 Å². The third-order valence-electron chi connectivity index (χ3n) is 2.69. The highest BCUT2D eigenvalue weighted by Crippen LogP contribution is 2.33. The van der Waals surface area contributed by atoms with Crippen LogP contribution in [0.4, 0.5) is 4.39 Å². The Balaban J connectivity index is 2.84. The first-order chi connectivity index (χ1) is 6.48. The lowest BCUT2D eigenvalue weighted by Crippen LogP contribution is -2.33. The maximum Gasteiger partial charge on any atom is 0.364 e. The molecule has 0 aromatic heterocycles. The van der Waals surface area contributed by atoms with E-state index in [9.17, 15) is 9.18 Å². The van der Waals surface area contributed by atoms with Crippen molar-refractivity contribution in [2.75, 3.05) is 6.61 Å². The van der Waals surface area contributed by atoms with E-state index in [1.807, 2.05) is 13.8 Å². The van der Waals surface area contributed by atoms with Gasteiger partial charge in [0.1, 0.15) is 0 Å². The van der Waals surface area contributed by atoms with Gasteiger partial charge < -0.3 is 9.84 Å². The molecule has 1 saturated heterocycles. The van der Waals surface area contributed by atoms with Crippen molar-refractivity contribution in [1.82, 2.24) is 0 Å². The van der Waals surface area contributed by atoms with Gasteiger partial charge in [-0.2, -0.15) is 4.39 Å². The Morgan fingerprint density at radius 1 is 1.71 bits per heavy atom. The van der Waals surface area contributed by atoms with Crippen LogP contribution in [0.3, 0.4) is 0 Å². The summed E-state index contributed by atoms with van der Waals surface area (Å²) in [6.45, 7) is 4.23. The zero-order chi connectivity index (χ0) is 10.8. The number of carbonyl (C=O) groups is 1. The maximum absolute atomic E-state index is 13.1. The molecule has 0 aliphatic carbocycles. The van der Waals surface area contributed by atoms with E-state index >= 15 is 0 Å². The molecule has 0 radical (unpaired) electrons. The largest absolute Gasteiger partial charge is 0.476 e. The molecule has 0 aromatic carbocycles. The number of carboxylic acids is 1. The normalized spacial score (nSPS) is 31.4. The Labute approximate surface area is 82.6 Å². The summed E-state index contributed by atoms with van der Waals surface area (Å²) < 4.78 is 18.6. The second-order valence-corrected chi connectivity index (χ2v) is 3.80. The molecule has 1 aliphatic rings. The van der Waals surface area contributed by atoms with Crippen molar-refractivity contribution in [3.05, 3.63) is 11.4 Å². The SMILES string of the molecule is CCC1(C)CC(=C(F)C(=O)O)CCO1. The van der Waals surface area contributed by atoms with Crippen LogP contribution in [-0.4, -0.2) is 23.3 Å². The monoisotopic (exact) mass is 202 g/mol. The molecule has 1 atom stereocenters. The fourth-order valence-electron chi connectivity index (χ4n) is 1.58. The number of carboxylic acid groups (broad SMARTS) is 1. The molecule has 1 rings (SSSR count). The van der Waals surface area contributed by atoms with Crippen LogP contribution in [0.15, 0.2) is 11.4 Å². The molecule has 1 N–H and O–H groups in total. The van der Waals surface area contributed by atoms with Gasteiger partial charge in [-0.3, -0.25) is 0 Å². The molecule has 1 fully saturated rings. The summed E-state index contributed by atoms with van der Waals surface area (Å²) in [5.41, 5.74) is -0.0338. The average Bonchev–Trinajstić information content (AvgIpc) is 2.16. The van der Waals surface area contributed by atoms with Crippen LogP contribution in [-0.2, 0) is 9.53 Å². The minimum Gasteiger partial charge on any atom is -0.476 e. The van der Waals surface area contributed by atoms with Gasteiger partial charge in [0.05, 0.1) is 12.2 Å². The third kappa shape index (κ3) is 2.32. The lowest BCUT2D eigenvalue weighted by molar-refractivity contribution is -0.134. The van der Waals surface area contributed by atoms with Crippen molar-refractivity contribution in [2.24, 2.45) is 0 Å². The summed E-state index contributed by atoms with van der Waals surface area (Å²) in [6.07, 6.45) is 1.51. The van der Waals surface area contributed by atoms with E-state index in [-0.39, 0.29) is 0 Å². The second-order valence-electron chi connectivity index (χ2n) is 3.80. The molecule has 0 amide bonds. The van der Waals surface area contributed by atoms with E-state index in [0.29, 0.717) is 25.0 Å². The van der Waals surface area contributed by atoms with Crippen LogP contribution < -0.4 is 0 Å². The van der Waals surface area contributed by atoms with Gasteiger partial charge in [0.2, 0.25) is 5.83 Å². The Kier molecular flexibility index (Phi) is 3.26. The number of ether oxygens (including phenoxy) is 1. The minimum atomic E-state index is -1.47. The molecule has 0 bridgehead atoms. The van der Waals surface area contributed by atoms with Gasteiger partial charge in [-0.15, -0.1) is 0 Å². The van der Waals surface area contributed by atoms with Crippen molar-refractivity contribution in [1.29, 1.82) is 0 Å². The van der Waals surface area contributed by atoms with E-state index in [4.69, 9.17) is 9.84 Å². The fourth-order valence-corrected chi connectivity index (χ4v) is 1.58. The van der Waals surface area contributed by atoms with Crippen molar-refractivity contribution in [3.8, 4) is 0 Å². The van der Waals surface area contributed by atoms with Crippen molar-refractivity contribution in [3.63, 3.8) is 0 Å². The topological polar surface area (TPSA) is 46.5 Å². The van der Waals surface area contributed by atoms with Crippen LogP contribution in [0.5, 0.6) is 0 Å². The van der Waals surface area contributed by atoms with E-state index in [2.05, 4.69) is 0 Å². The maximum atomic E-state index is 13.1. The number of hydrogen-bond acceptors (Lipinski definition) is 2. The predicted octanol–water partition coefficient (Wildman–Crippen LogP) is 2.27. The second kappa shape index (κ2) is 4.09.